The third-order valence-corrected chi connectivity index (χ3v) is 3.64. The van der Waals surface area contributed by atoms with E-state index in [-0.39, 0.29) is 18.3 Å². The molecular formula is C11H21ClN2O2. The van der Waals surface area contributed by atoms with Crippen molar-refractivity contribution in [3.8, 4) is 0 Å². The van der Waals surface area contributed by atoms with Crippen molar-refractivity contribution in [3.05, 3.63) is 0 Å². The molecule has 94 valence electrons. The molecule has 0 aromatic carbocycles. The molecule has 0 atom stereocenters. The summed E-state index contributed by atoms with van der Waals surface area (Å²) in [6.07, 6.45) is 4.27. The van der Waals surface area contributed by atoms with Gasteiger partial charge in [-0.15, -0.1) is 12.4 Å². The summed E-state index contributed by atoms with van der Waals surface area (Å²) in [5.74, 6) is 0.716. The second-order valence-electron chi connectivity index (χ2n) is 4.62. The molecule has 1 aliphatic carbocycles. The minimum absolute atomic E-state index is 0. The van der Waals surface area contributed by atoms with Gasteiger partial charge in [-0.25, -0.2) is 0 Å². The second-order valence-corrected chi connectivity index (χ2v) is 4.62. The zero-order valence-electron chi connectivity index (χ0n) is 9.52. The summed E-state index contributed by atoms with van der Waals surface area (Å²) in [5, 5.41) is 12.1. The van der Waals surface area contributed by atoms with Crippen LogP contribution in [0.25, 0.3) is 0 Å². The molecule has 2 fully saturated rings. The average Bonchev–Trinajstić information content (AvgIpc) is 2.30. The van der Waals surface area contributed by atoms with E-state index in [2.05, 4.69) is 5.32 Å². The van der Waals surface area contributed by atoms with Crippen molar-refractivity contribution in [1.82, 2.24) is 10.2 Å². The molecule has 4 nitrogen and oxygen atoms in total. The van der Waals surface area contributed by atoms with Gasteiger partial charge in [0.25, 0.3) is 0 Å². The molecule has 0 aromatic heterocycles. The zero-order chi connectivity index (χ0) is 10.7. The summed E-state index contributed by atoms with van der Waals surface area (Å²) in [5.41, 5.74) is 0. The number of hydrogen-bond donors (Lipinski definition) is 2. The van der Waals surface area contributed by atoms with E-state index in [1.165, 1.54) is 0 Å². The van der Waals surface area contributed by atoms with E-state index in [1.54, 1.807) is 0 Å². The maximum atomic E-state index is 11.7. The van der Waals surface area contributed by atoms with Crippen LogP contribution in [0.2, 0.25) is 0 Å². The van der Waals surface area contributed by atoms with E-state index in [0.29, 0.717) is 25.1 Å². The largest absolute Gasteiger partial charge is 0.396 e. The van der Waals surface area contributed by atoms with Crippen LogP contribution in [-0.4, -0.2) is 48.2 Å². The smallest absolute Gasteiger partial charge is 0.236 e. The molecule has 0 spiro atoms. The summed E-state index contributed by atoms with van der Waals surface area (Å²) in [6.45, 7) is 2.58. The monoisotopic (exact) mass is 248 g/mol. The summed E-state index contributed by atoms with van der Waals surface area (Å²) in [4.78, 5) is 13.7. The van der Waals surface area contributed by atoms with Crippen LogP contribution in [0.1, 0.15) is 25.7 Å². The molecule has 2 aliphatic rings. The Morgan fingerprint density at radius 2 is 2.00 bits per heavy atom. The summed E-state index contributed by atoms with van der Waals surface area (Å²) >= 11 is 0. The van der Waals surface area contributed by atoms with E-state index < -0.39 is 0 Å². The van der Waals surface area contributed by atoms with Crippen LogP contribution in [0.5, 0.6) is 0 Å². The van der Waals surface area contributed by atoms with Gasteiger partial charge in [-0.1, -0.05) is 0 Å². The number of carbonyl (C=O) groups excluding carboxylic acids is 1. The fourth-order valence-corrected chi connectivity index (χ4v) is 2.65. The van der Waals surface area contributed by atoms with Crippen LogP contribution in [0, 0.1) is 5.92 Å². The van der Waals surface area contributed by atoms with Crippen molar-refractivity contribution in [2.75, 3.05) is 26.2 Å². The Morgan fingerprint density at radius 1 is 1.31 bits per heavy atom. The lowest BCUT2D eigenvalue weighted by atomic mass is 9.85. The lowest BCUT2D eigenvalue weighted by Gasteiger charge is -2.38. The maximum Gasteiger partial charge on any atom is 0.236 e. The lowest BCUT2D eigenvalue weighted by molar-refractivity contribution is -0.135. The van der Waals surface area contributed by atoms with Gasteiger partial charge in [-0.2, -0.15) is 0 Å². The van der Waals surface area contributed by atoms with Crippen molar-refractivity contribution in [2.24, 2.45) is 5.92 Å². The molecule has 2 rings (SSSR count). The molecule has 1 saturated carbocycles. The minimum Gasteiger partial charge on any atom is -0.396 e. The van der Waals surface area contributed by atoms with Gasteiger partial charge in [-0.3, -0.25) is 4.79 Å². The van der Waals surface area contributed by atoms with Crippen LogP contribution in [-0.2, 0) is 4.79 Å². The Hall–Kier alpha value is -0.320. The van der Waals surface area contributed by atoms with Crippen molar-refractivity contribution in [2.45, 2.75) is 31.7 Å². The van der Waals surface area contributed by atoms with Crippen molar-refractivity contribution in [3.63, 3.8) is 0 Å². The Balaban J connectivity index is 0.00000128. The van der Waals surface area contributed by atoms with Gasteiger partial charge in [-0.05, 0) is 31.6 Å². The molecule has 16 heavy (non-hydrogen) atoms. The number of rotatable bonds is 2. The van der Waals surface area contributed by atoms with Crippen molar-refractivity contribution >= 4 is 18.3 Å². The van der Waals surface area contributed by atoms with Gasteiger partial charge in [0.15, 0.2) is 0 Å². The molecule has 2 N–H and O–H groups in total. The van der Waals surface area contributed by atoms with Gasteiger partial charge >= 0.3 is 0 Å². The number of aliphatic hydroxyl groups excluding tert-OH is 1. The number of halogens is 1. The van der Waals surface area contributed by atoms with Gasteiger partial charge in [0, 0.05) is 25.7 Å². The molecule has 1 heterocycles. The number of aliphatic hydroxyl groups is 1. The summed E-state index contributed by atoms with van der Waals surface area (Å²) in [7, 11) is 0. The Bertz CT molecular complexity index is 230. The van der Waals surface area contributed by atoms with Gasteiger partial charge in [0.1, 0.15) is 0 Å². The summed E-state index contributed by atoms with van der Waals surface area (Å²) in [6, 6.07) is 0.433. The van der Waals surface area contributed by atoms with Gasteiger partial charge < -0.3 is 15.3 Å². The number of nitrogens with zero attached hydrogens (tertiary/aromatic N) is 1. The SMILES string of the molecule is Cl.O=C1CNCCN1C1CCC(CO)CC1. The highest BCUT2D eigenvalue weighted by molar-refractivity contribution is 5.85. The fourth-order valence-electron chi connectivity index (χ4n) is 2.65. The summed E-state index contributed by atoms with van der Waals surface area (Å²) < 4.78 is 0. The highest BCUT2D eigenvalue weighted by Crippen LogP contribution is 2.27. The first-order valence-corrected chi connectivity index (χ1v) is 5.92. The minimum atomic E-state index is 0. The highest BCUT2D eigenvalue weighted by atomic mass is 35.5. The average molecular weight is 249 g/mol. The van der Waals surface area contributed by atoms with E-state index >= 15 is 0 Å². The Morgan fingerprint density at radius 3 is 2.56 bits per heavy atom. The maximum absolute atomic E-state index is 11.7. The van der Waals surface area contributed by atoms with Crippen LogP contribution in [0.4, 0.5) is 0 Å². The third-order valence-electron chi connectivity index (χ3n) is 3.64. The van der Waals surface area contributed by atoms with E-state index in [1.807, 2.05) is 4.90 Å². The molecule has 1 aliphatic heterocycles. The lowest BCUT2D eigenvalue weighted by Crippen LogP contribution is -2.53. The van der Waals surface area contributed by atoms with Crippen LogP contribution < -0.4 is 5.32 Å². The molecule has 5 heteroatoms. The van der Waals surface area contributed by atoms with Crippen LogP contribution in [0.3, 0.4) is 0 Å². The van der Waals surface area contributed by atoms with Crippen molar-refractivity contribution < 1.29 is 9.90 Å². The first-order chi connectivity index (χ1) is 7.31. The zero-order valence-corrected chi connectivity index (χ0v) is 10.3. The van der Waals surface area contributed by atoms with Crippen LogP contribution >= 0.6 is 12.4 Å². The van der Waals surface area contributed by atoms with Crippen molar-refractivity contribution in [1.29, 1.82) is 0 Å². The predicted octanol–water partition coefficient (Wildman–Crippen LogP) is 0.391. The molecule has 1 amide bonds. The molecule has 0 unspecified atom stereocenters. The number of amides is 1. The van der Waals surface area contributed by atoms with Crippen LogP contribution in [0.15, 0.2) is 0 Å². The van der Waals surface area contributed by atoms with Gasteiger partial charge in [0.05, 0.1) is 6.54 Å². The second kappa shape index (κ2) is 6.42. The predicted molar refractivity (Wildman–Crippen MR) is 64.7 cm³/mol. The Labute approximate surface area is 103 Å². The Kier molecular flexibility index (Phi) is 5.52. The molecule has 1 saturated heterocycles. The first kappa shape index (κ1) is 13.7. The first-order valence-electron chi connectivity index (χ1n) is 5.92. The molecule has 0 radical (unpaired) electrons. The van der Waals surface area contributed by atoms with E-state index in [9.17, 15) is 4.79 Å². The number of hydrogen-bond acceptors (Lipinski definition) is 3. The number of piperazine rings is 1. The van der Waals surface area contributed by atoms with E-state index in [0.717, 1.165) is 38.8 Å². The molecule has 0 aromatic rings. The third kappa shape index (κ3) is 3.09. The quantitative estimate of drug-likeness (QED) is 0.744. The standard InChI is InChI=1S/C11H20N2O2.ClH/c14-8-9-1-3-10(4-2-9)13-6-5-12-7-11(13)15;/h9-10,12,14H,1-8H2;1H. The topological polar surface area (TPSA) is 52.6 Å². The molecule has 0 bridgehead atoms. The molecular weight excluding hydrogens is 228 g/mol. The van der Waals surface area contributed by atoms with Gasteiger partial charge in [0.2, 0.25) is 5.91 Å². The highest BCUT2D eigenvalue weighted by Gasteiger charge is 2.29. The number of nitrogens with one attached hydrogen (secondary N) is 1. The fraction of sp³-hybridized carbons (Fsp3) is 0.909. The van der Waals surface area contributed by atoms with E-state index in [4.69, 9.17) is 5.11 Å². The normalized spacial score (nSPS) is 31.1. The number of carbonyl (C=O) groups is 1.